The van der Waals surface area contributed by atoms with Gasteiger partial charge in [-0.2, -0.15) is 0 Å². The summed E-state index contributed by atoms with van der Waals surface area (Å²) in [6.45, 7) is -0.415. The standard InChI is InChI=1S/C24H18ClNO6S/c1-31-19-10-15(9-18(25)22(19)32-13-21(27)28)11-20-23(29)26(24(30)33-20)12-14-6-7-16-4-2-3-5-17(16)8-14/h2-11H,12-13H2,1H3,(H,27,28)/b20-11-. The SMILES string of the molecule is COc1cc(/C=C2\SC(=O)N(Cc3ccc4ccccc4c3)C2=O)cc(Cl)c1OCC(=O)O. The minimum absolute atomic E-state index is 0.0862. The Morgan fingerprint density at radius 1 is 1.12 bits per heavy atom. The van der Waals surface area contributed by atoms with Gasteiger partial charge in [0.25, 0.3) is 11.1 Å². The van der Waals surface area contributed by atoms with E-state index in [4.69, 9.17) is 26.2 Å². The first-order valence-corrected chi connectivity index (χ1v) is 11.0. The van der Waals surface area contributed by atoms with Crippen molar-refractivity contribution in [3.8, 4) is 11.5 Å². The third-order valence-electron chi connectivity index (χ3n) is 4.92. The lowest BCUT2D eigenvalue weighted by molar-refractivity contribution is -0.139. The van der Waals surface area contributed by atoms with Crippen LogP contribution in [-0.4, -0.2) is 40.8 Å². The van der Waals surface area contributed by atoms with E-state index in [0.717, 1.165) is 28.1 Å². The number of hydrogen-bond donors (Lipinski definition) is 1. The molecule has 0 saturated carbocycles. The molecule has 9 heteroatoms. The summed E-state index contributed by atoms with van der Waals surface area (Å²) in [6, 6.07) is 16.8. The molecule has 1 N–H and O–H groups in total. The van der Waals surface area contributed by atoms with Gasteiger partial charge in [-0.05, 0) is 57.9 Å². The fraction of sp³-hybridized carbons (Fsp3) is 0.125. The van der Waals surface area contributed by atoms with Crippen molar-refractivity contribution in [3.63, 3.8) is 0 Å². The van der Waals surface area contributed by atoms with Crippen molar-refractivity contribution < 1.29 is 29.0 Å². The maximum Gasteiger partial charge on any atom is 0.341 e. The highest BCUT2D eigenvalue weighted by atomic mass is 35.5. The van der Waals surface area contributed by atoms with Crippen LogP contribution in [-0.2, 0) is 16.1 Å². The number of imide groups is 1. The average Bonchev–Trinajstić information content (AvgIpc) is 3.05. The van der Waals surface area contributed by atoms with Gasteiger partial charge in [-0.1, -0.05) is 48.0 Å². The number of methoxy groups -OCH3 is 1. The number of rotatable bonds is 7. The van der Waals surface area contributed by atoms with E-state index in [1.165, 1.54) is 18.1 Å². The number of thioether (sulfide) groups is 1. The molecule has 2 amide bonds. The van der Waals surface area contributed by atoms with Crippen LogP contribution in [0.25, 0.3) is 16.8 Å². The number of halogens is 1. The van der Waals surface area contributed by atoms with Crippen LogP contribution in [0.2, 0.25) is 5.02 Å². The van der Waals surface area contributed by atoms with E-state index in [9.17, 15) is 14.4 Å². The number of benzene rings is 3. The number of amides is 2. The summed E-state index contributed by atoms with van der Waals surface area (Å²) in [5.41, 5.74) is 1.36. The molecular weight excluding hydrogens is 466 g/mol. The second-order valence-electron chi connectivity index (χ2n) is 7.17. The van der Waals surface area contributed by atoms with E-state index < -0.39 is 18.5 Å². The zero-order chi connectivity index (χ0) is 23.5. The molecule has 33 heavy (non-hydrogen) atoms. The lowest BCUT2D eigenvalue weighted by Crippen LogP contribution is -2.27. The highest BCUT2D eigenvalue weighted by molar-refractivity contribution is 8.18. The van der Waals surface area contributed by atoms with E-state index in [1.807, 2.05) is 42.5 Å². The summed E-state index contributed by atoms with van der Waals surface area (Å²) >= 11 is 7.08. The van der Waals surface area contributed by atoms with Crippen molar-refractivity contribution in [2.75, 3.05) is 13.7 Å². The highest BCUT2D eigenvalue weighted by Crippen LogP contribution is 2.39. The highest BCUT2D eigenvalue weighted by Gasteiger charge is 2.35. The minimum Gasteiger partial charge on any atom is -0.493 e. The molecule has 0 radical (unpaired) electrons. The van der Waals surface area contributed by atoms with Crippen LogP contribution in [0.15, 0.2) is 59.5 Å². The van der Waals surface area contributed by atoms with Crippen LogP contribution in [0, 0.1) is 0 Å². The van der Waals surface area contributed by atoms with E-state index >= 15 is 0 Å². The number of carboxylic acids is 1. The molecule has 1 aliphatic heterocycles. The van der Waals surface area contributed by atoms with Crippen molar-refractivity contribution in [2.24, 2.45) is 0 Å². The monoisotopic (exact) mass is 483 g/mol. The fourth-order valence-electron chi connectivity index (χ4n) is 3.40. The zero-order valence-electron chi connectivity index (χ0n) is 17.4. The van der Waals surface area contributed by atoms with Crippen molar-refractivity contribution in [1.82, 2.24) is 4.90 Å². The Hall–Kier alpha value is -3.49. The molecule has 3 aromatic carbocycles. The van der Waals surface area contributed by atoms with Crippen molar-refractivity contribution in [1.29, 1.82) is 0 Å². The Morgan fingerprint density at radius 2 is 1.88 bits per heavy atom. The Morgan fingerprint density at radius 3 is 2.61 bits per heavy atom. The van der Waals surface area contributed by atoms with Crippen molar-refractivity contribution in [3.05, 3.63) is 75.7 Å². The molecule has 168 valence electrons. The average molecular weight is 484 g/mol. The number of ether oxygens (including phenoxy) is 2. The van der Waals surface area contributed by atoms with Gasteiger partial charge in [0.15, 0.2) is 18.1 Å². The van der Waals surface area contributed by atoms with Gasteiger partial charge in [-0.25, -0.2) is 4.79 Å². The van der Waals surface area contributed by atoms with Crippen LogP contribution in [0.3, 0.4) is 0 Å². The molecule has 0 aliphatic carbocycles. The third-order valence-corrected chi connectivity index (χ3v) is 6.11. The predicted molar refractivity (Wildman–Crippen MR) is 127 cm³/mol. The summed E-state index contributed by atoms with van der Waals surface area (Å²) < 4.78 is 10.4. The normalized spacial score (nSPS) is 14.8. The van der Waals surface area contributed by atoms with E-state index in [2.05, 4.69) is 0 Å². The lowest BCUT2D eigenvalue weighted by Gasteiger charge is -2.13. The molecule has 3 aromatic rings. The van der Waals surface area contributed by atoms with E-state index in [0.29, 0.717) is 5.56 Å². The molecule has 0 atom stereocenters. The maximum absolute atomic E-state index is 12.9. The van der Waals surface area contributed by atoms with Gasteiger partial charge in [0, 0.05) is 0 Å². The largest absolute Gasteiger partial charge is 0.493 e. The molecule has 4 rings (SSSR count). The number of fused-ring (bicyclic) bond motifs is 1. The summed E-state index contributed by atoms with van der Waals surface area (Å²) in [4.78, 5) is 37.7. The van der Waals surface area contributed by atoms with Crippen molar-refractivity contribution in [2.45, 2.75) is 6.54 Å². The van der Waals surface area contributed by atoms with Gasteiger partial charge in [0.1, 0.15) is 0 Å². The topological polar surface area (TPSA) is 93.1 Å². The van der Waals surface area contributed by atoms with Gasteiger partial charge in [0.2, 0.25) is 0 Å². The van der Waals surface area contributed by atoms with Gasteiger partial charge in [0.05, 0.1) is 23.6 Å². The summed E-state index contributed by atoms with van der Waals surface area (Å²) in [6.07, 6.45) is 1.54. The third kappa shape index (κ3) is 4.97. The number of hydrogen-bond acceptors (Lipinski definition) is 6. The second kappa shape index (κ2) is 9.56. The molecule has 1 aliphatic rings. The first-order chi connectivity index (χ1) is 15.9. The van der Waals surface area contributed by atoms with Crippen LogP contribution >= 0.6 is 23.4 Å². The summed E-state index contributed by atoms with van der Waals surface area (Å²) in [5.74, 6) is -1.26. The number of nitrogens with zero attached hydrogens (tertiary/aromatic N) is 1. The minimum atomic E-state index is -1.16. The van der Waals surface area contributed by atoms with Gasteiger partial charge in [-0.3, -0.25) is 14.5 Å². The Bertz CT molecular complexity index is 1310. The Kier molecular flexibility index (Phi) is 6.57. The summed E-state index contributed by atoms with van der Waals surface area (Å²) in [7, 11) is 1.39. The fourth-order valence-corrected chi connectivity index (χ4v) is 4.52. The Labute approximate surface area is 198 Å². The zero-order valence-corrected chi connectivity index (χ0v) is 19.0. The smallest absolute Gasteiger partial charge is 0.341 e. The second-order valence-corrected chi connectivity index (χ2v) is 8.57. The molecule has 1 saturated heterocycles. The van der Waals surface area contributed by atoms with Crippen LogP contribution < -0.4 is 9.47 Å². The molecule has 7 nitrogen and oxygen atoms in total. The predicted octanol–water partition coefficient (Wildman–Crippen LogP) is 5.20. The first-order valence-electron chi connectivity index (χ1n) is 9.81. The molecular formula is C24H18ClNO6S. The van der Waals surface area contributed by atoms with Gasteiger partial charge < -0.3 is 14.6 Å². The van der Waals surface area contributed by atoms with Crippen LogP contribution in [0.5, 0.6) is 11.5 Å². The number of aliphatic carboxylic acids is 1. The van der Waals surface area contributed by atoms with Gasteiger partial charge in [-0.15, -0.1) is 0 Å². The lowest BCUT2D eigenvalue weighted by atomic mass is 10.1. The molecule has 0 bridgehead atoms. The van der Waals surface area contributed by atoms with E-state index in [1.54, 1.807) is 12.1 Å². The molecule has 1 fully saturated rings. The maximum atomic E-state index is 12.9. The summed E-state index contributed by atoms with van der Waals surface area (Å²) in [5, 5.41) is 10.7. The van der Waals surface area contributed by atoms with Crippen LogP contribution in [0.4, 0.5) is 4.79 Å². The molecule has 1 heterocycles. The van der Waals surface area contributed by atoms with E-state index in [-0.39, 0.29) is 33.2 Å². The van der Waals surface area contributed by atoms with Crippen molar-refractivity contribution >= 4 is 57.3 Å². The molecule has 0 aromatic heterocycles. The van der Waals surface area contributed by atoms with Crippen LogP contribution in [0.1, 0.15) is 11.1 Å². The number of carbonyl (C=O) groups excluding carboxylic acids is 2. The quantitative estimate of drug-likeness (QED) is 0.461. The Balaban J connectivity index is 1.56. The number of carbonyl (C=O) groups is 3. The van der Waals surface area contributed by atoms with Gasteiger partial charge >= 0.3 is 5.97 Å². The first kappa shape index (κ1) is 22.7. The molecule has 0 spiro atoms. The molecule has 0 unspecified atom stereocenters. The number of carboxylic acid groups (broad SMARTS) is 1.